The van der Waals surface area contributed by atoms with E-state index in [1.807, 2.05) is 6.08 Å². The van der Waals surface area contributed by atoms with E-state index in [9.17, 15) is 33.9 Å². The number of phenols is 1. The van der Waals surface area contributed by atoms with E-state index in [1.54, 1.807) is 24.3 Å². The van der Waals surface area contributed by atoms with Crippen molar-refractivity contribution in [3.8, 4) is 17.2 Å². The molecule has 0 aromatic heterocycles. The second-order valence-corrected chi connectivity index (χ2v) is 11.9. The van der Waals surface area contributed by atoms with E-state index < -0.39 is 65.2 Å². The fourth-order valence-electron chi connectivity index (χ4n) is 7.42. The van der Waals surface area contributed by atoms with Crippen LogP contribution >= 0.6 is 0 Å². The average molecular weight is 625 g/mol. The fourth-order valence-corrected chi connectivity index (χ4v) is 7.42. The summed E-state index contributed by atoms with van der Waals surface area (Å²) in [4.78, 5) is 78.8. The van der Waals surface area contributed by atoms with E-state index >= 15 is 0 Å². The summed E-state index contributed by atoms with van der Waals surface area (Å²) in [6, 6.07) is 3.18. The monoisotopic (exact) mass is 624 g/mol. The second-order valence-electron chi connectivity index (χ2n) is 11.9. The maximum absolute atomic E-state index is 13.8. The molecule has 0 radical (unpaired) electrons. The minimum absolute atomic E-state index is 0.00626. The number of carboxylic acid groups (broad SMARTS) is 2. The van der Waals surface area contributed by atoms with Crippen molar-refractivity contribution in [2.75, 3.05) is 27.3 Å². The molecular weight excluding hydrogens is 588 g/mol. The summed E-state index contributed by atoms with van der Waals surface area (Å²) in [5.74, 6) is -7.51. The number of carbonyl (C=O) groups is 6. The molecule has 2 heterocycles. The minimum Gasteiger partial charge on any atom is -0.502 e. The Morgan fingerprint density at radius 2 is 1.36 bits per heavy atom. The number of ether oxygens (including phenoxy) is 2. The molecule has 240 valence electrons. The number of aliphatic carboxylic acids is 2. The van der Waals surface area contributed by atoms with Gasteiger partial charge in [0.25, 0.3) is 0 Å². The smallest absolute Gasteiger partial charge is 0.303 e. The van der Waals surface area contributed by atoms with E-state index in [0.717, 1.165) is 15.4 Å². The average Bonchev–Trinajstić information content (AvgIpc) is 3.39. The van der Waals surface area contributed by atoms with Gasteiger partial charge in [-0.2, -0.15) is 0 Å². The molecule has 3 N–H and O–H groups in total. The molecule has 2 aliphatic heterocycles. The molecular formula is C32H36N2O11. The fraction of sp³-hybridized carbons (Fsp3) is 0.500. The standard InChI is InChI=1S/C32H36N2O11/c1-44-22-13-16(14-23(45-2)28(22)39)7-8-18-17-9-10-19-27(32(43)33(29(19)40)11-3-5-24(35)36)20(17)15-21-26(18)31(42)34(30(21)41)12-4-6-25(37)38/h7-9,13-14,18-21,26-27,39H,3-6,10-12,15H2,1-2H3,(H,35,36)(H,37,38). The van der Waals surface area contributed by atoms with Gasteiger partial charge in [0.05, 0.1) is 37.9 Å². The van der Waals surface area contributed by atoms with E-state index in [1.165, 1.54) is 14.2 Å². The Morgan fingerprint density at radius 1 is 0.822 bits per heavy atom. The van der Waals surface area contributed by atoms with E-state index in [0.29, 0.717) is 5.56 Å². The second kappa shape index (κ2) is 12.7. The van der Waals surface area contributed by atoms with Gasteiger partial charge in [0, 0.05) is 31.8 Å². The third-order valence-corrected chi connectivity index (χ3v) is 9.43. The van der Waals surface area contributed by atoms with Crippen LogP contribution in [-0.4, -0.2) is 88.0 Å². The summed E-state index contributed by atoms with van der Waals surface area (Å²) in [7, 11) is 2.79. The lowest BCUT2D eigenvalue weighted by molar-refractivity contribution is -0.143. The molecule has 13 heteroatoms. The van der Waals surface area contributed by atoms with Crippen molar-refractivity contribution in [2.45, 2.75) is 38.5 Å². The summed E-state index contributed by atoms with van der Waals surface area (Å²) < 4.78 is 10.5. The first-order chi connectivity index (χ1) is 21.5. The summed E-state index contributed by atoms with van der Waals surface area (Å²) in [6.07, 6.45) is 5.72. The number of fused-ring (bicyclic) bond motifs is 4. The van der Waals surface area contributed by atoms with Gasteiger partial charge in [0.2, 0.25) is 29.4 Å². The van der Waals surface area contributed by atoms with Crippen LogP contribution in [0, 0.1) is 35.5 Å². The number of likely N-dealkylation sites (tertiary alicyclic amines) is 2. The van der Waals surface area contributed by atoms with Crippen LogP contribution in [0.4, 0.5) is 0 Å². The lowest BCUT2D eigenvalue weighted by Gasteiger charge is -2.42. The highest BCUT2D eigenvalue weighted by Gasteiger charge is 2.61. The molecule has 1 saturated carbocycles. The number of nitrogens with zero attached hydrogens (tertiary/aromatic N) is 2. The zero-order valence-electron chi connectivity index (χ0n) is 25.0. The number of methoxy groups -OCH3 is 2. The predicted molar refractivity (Wildman–Crippen MR) is 156 cm³/mol. The largest absolute Gasteiger partial charge is 0.502 e. The molecule has 0 spiro atoms. The quantitative estimate of drug-likeness (QED) is 0.229. The van der Waals surface area contributed by atoms with Crippen LogP contribution in [0.2, 0.25) is 0 Å². The van der Waals surface area contributed by atoms with Crippen LogP contribution in [0.15, 0.2) is 29.9 Å². The number of allylic oxidation sites excluding steroid dienone is 3. The Hall–Kier alpha value is -4.68. The van der Waals surface area contributed by atoms with Gasteiger partial charge in [-0.25, -0.2) is 0 Å². The van der Waals surface area contributed by atoms with Gasteiger partial charge in [-0.05, 0) is 49.3 Å². The number of imide groups is 2. The molecule has 4 aliphatic rings. The highest BCUT2D eigenvalue weighted by molar-refractivity contribution is 6.07. The molecule has 0 bridgehead atoms. The summed E-state index contributed by atoms with van der Waals surface area (Å²) in [6.45, 7) is -0.0437. The van der Waals surface area contributed by atoms with Crippen LogP contribution in [-0.2, 0) is 28.8 Å². The zero-order chi connectivity index (χ0) is 32.6. The number of amides is 4. The number of rotatable bonds is 12. The highest BCUT2D eigenvalue weighted by atomic mass is 16.5. The van der Waals surface area contributed by atoms with Crippen molar-refractivity contribution < 1.29 is 53.6 Å². The lowest BCUT2D eigenvalue weighted by atomic mass is 9.58. The number of hydrogen-bond donors (Lipinski definition) is 3. The van der Waals surface area contributed by atoms with E-state index in [4.69, 9.17) is 19.7 Å². The number of carboxylic acids is 2. The molecule has 45 heavy (non-hydrogen) atoms. The van der Waals surface area contributed by atoms with Crippen molar-refractivity contribution in [1.29, 1.82) is 0 Å². The van der Waals surface area contributed by atoms with Crippen molar-refractivity contribution >= 4 is 41.6 Å². The maximum atomic E-state index is 13.8. The number of phenolic OH excluding ortho intramolecular Hbond substituents is 1. The minimum atomic E-state index is -1.04. The van der Waals surface area contributed by atoms with Gasteiger partial charge in [-0.1, -0.05) is 23.8 Å². The van der Waals surface area contributed by atoms with Crippen LogP contribution in [0.1, 0.15) is 44.1 Å². The van der Waals surface area contributed by atoms with Crippen LogP contribution in [0.5, 0.6) is 17.2 Å². The van der Waals surface area contributed by atoms with Gasteiger partial charge in [-0.15, -0.1) is 0 Å². The Balaban J connectivity index is 1.51. The molecule has 6 unspecified atom stereocenters. The zero-order valence-corrected chi connectivity index (χ0v) is 25.0. The van der Waals surface area contributed by atoms with Crippen molar-refractivity contribution in [2.24, 2.45) is 35.5 Å². The third kappa shape index (κ3) is 5.78. The summed E-state index contributed by atoms with van der Waals surface area (Å²) >= 11 is 0. The van der Waals surface area contributed by atoms with Gasteiger partial charge in [-0.3, -0.25) is 38.6 Å². The molecule has 6 atom stereocenters. The maximum Gasteiger partial charge on any atom is 0.303 e. The van der Waals surface area contributed by atoms with Gasteiger partial charge < -0.3 is 24.8 Å². The first-order valence-corrected chi connectivity index (χ1v) is 15.0. The van der Waals surface area contributed by atoms with Gasteiger partial charge in [0.1, 0.15) is 0 Å². The molecule has 1 aromatic rings. The van der Waals surface area contributed by atoms with Gasteiger partial charge in [0.15, 0.2) is 11.5 Å². The Labute approximate surface area is 259 Å². The molecule has 2 aliphatic carbocycles. The number of hydrogen-bond acceptors (Lipinski definition) is 9. The summed E-state index contributed by atoms with van der Waals surface area (Å²) in [5.41, 5.74) is 1.37. The topological polar surface area (TPSA) is 188 Å². The van der Waals surface area contributed by atoms with Crippen LogP contribution in [0.3, 0.4) is 0 Å². The number of aromatic hydroxyl groups is 1. The molecule has 4 amide bonds. The Kier molecular flexibility index (Phi) is 8.98. The first-order valence-electron chi connectivity index (χ1n) is 15.0. The molecule has 5 rings (SSSR count). The number of carbonyl (C=O) groups excluding carboxylic acids is 4. The highest BCUT2D eigenvalue weighted by Crippen LogP contribution is 2.55. The molecule has 3 fully saturated rings. The van der Waals surface area contributed by atoms with E-state index in [-0.39, 0.29) is 74.8 Å². The SMILES string of the molecule is COc1cc(C=CC2C3=CCC4C(=O)N(CCCC(=O)O)C(=O)C4C3CC3C(=O)N(CCCC(=O)O)C(=O)C23)cc(OC)c1O. The van der Waals surface area contributed by atoms with E-state index in [2.05, 4.69) is 0 Å². The Morgan fingerprint density at radius 3 is 1.89 bits per heavy atom. The van der Waals surface area contributed by atoms with Crippen molar-refractivity contribution in [3.05, 3.63) is 35.4 Å². The third-order valence-electron chi connectivity index (χ3n) is 9.43. The molecule has 2 saturated heterocycles. The van der Waals surface area contributed by atoms with Crippen LogP contribution in [0.25, 0.3) is 6.08 Å². The Bertz CT molecular complexity index is 1470. The van der Waals surface area contributed by atoms with Crippen molar-refractivity contribution in [1.82, 2.24) is 9.80 Å². The van der Waals surface area contributed by atoms with Gasteiger partial charge >= 0.3 is 11.9 Å². The molecule has 1 aromatic carbocycles. The predicted octanol–water partition coefficient (Wildman–Crippen LogP) is 2.32. The first kappa shape index (κ1) is 31.7. The normalized spacial score (nSPS) is 27.4. The number of benzene rings is 1. The van der Waals surface area contributed by atoms with Crippen molar-refractivity contribution in [3.63, 3.8) is 0 Å². The summed E-state index contributed by atoms with van der Waals surface area (Å²) in [5, 5.41) is 28.5. The lowest BCUT2D eigenvalue weighted by Crippen LogP contribution is -2.43. The molecule has 13 nitrogen and oxygen atoms in total. The van der Waals surface area contributed by atoms with Crippen LogP contribution < -0.4 is 9.47 Å².